The summed E-state index contributed by atoms with van der Waals surface area (Å²) >= 11 is 0. The first-order valence-electron chi connectivity index (χ1n) is 11.1. The predicted octanol–water partition coefficient (Wildman–Crippen LogP) is 3.99. The second-order valence-electron chi connectivity index (χ2n) is 7.98. The first kappa shape index (κ1) is 22.3. The number of amides is 2. The van der Waals surface area contributed by atoms with Crippen LogP contribution in [0.2, 0.25) is 0 Å². The number of rotatable bonds is 9. The van der Waals surface area contributed by atoms with Gasteiger partial charge in [0.2, 0.25) is 5.91 Å². The lowest BCUT2D eigenvalue weighted by Gasteiger charge is -2.18. The van der Waals surface area contributed by atoms with Gasteiger partial charge >= 0.3 is 0 Å². The third-order valence-corrected chi connectivity index (χ3v) is 5.68. The quantitative estimate of drug-likeness (QED) is 0.317. The molecule has 6 heteroatoms. The standard InChI is InChI=1S/C27H28N4O2/c28-15-7-14-25(27(33)30-18-22-17-29-24-13-5-4-12-23(22)24)31-26(32)21-11-6-10-20(16-21)19-8-2-1-3-9-19/h1-6,8-13,16-17,25,29H,7,14-15,18,28H2,(H,30,33)(H,31,32)/t25-/m0/s1. The van der Waals surface area contributed by atoms with Crippen molar-refractivity contribution in [3.8, 4) is 11.1 Å². The third-order valence-electron chi connectivity index (χ3n) is 5.68. The van der Waals surface area contributed by atoms with E-state index in [-0.39, 0.29) is 11.8 Å². The number of fused-ring (bicyclic) bond motifs is 1. The van der Waals surface area contributed by atoms with E-state index in [1.807, 2.05) is 79.0 Å². The summed E-state index contributed by atoms with van der Waals surface area (Å²) in [7, 11) is 0. The first-order chi connectivity index (χ1) is 16.2. The molecule has 1 atom stereocenters. The van der Waals surface area contributed by atoms with E-state index >= 15 is 0 Å². The van der Waals surface area contributed by atoms with Crippen LogP contribution in [0.15, 0.2) is 85.1 Å². The highest BCUT2D eigenvalue weighted by molar-refractivity contribution is 5.98. The van der Waals surface area contributed by atoms with Gasteiger partial charge in [-0.15, -0.1) is 0 Å². The van der Waals surface area contributed by atoms with Gasteiger partial charge in [0.15, 0.2) is 0 Å². The lowest BCUT2D eigenvalue weighted by atomic mass is 10.0. The molecule has 0 bridgehead atoms. The Labute approximate surface area is 193 Å². The summed E-state index contributed by atoms with van der Waals surface area (Å²) in [5.74, 6) is -0.502. The number of aromatic nitrogens is 1. The molecule has 0 saturated heterocycles. The summed E-state index contributed by atoms with van der Waals surface area (Å²) < 4.78 is 0. The molecule has 1 aromatic heterocycles. The van der Waals surface area contributed by atoms with Crippen molar-refractivity contribution in [2.24, 2.45) is 5.73 Å². The molecule has 0 radical (unpaired) electrons. The fourth-order valence-corrected chi connectivity index (χ4v) is 3.89. The minimum absolute atomic E-state index is 0.221. The van der Waals surface area contributed by atoms with Crippen LogP contribution in [0, 0.1) is 0 Å². The normalized spacial score (nSPS) is 11.8. The van der Waals surface area contributed by atoms with Crippen LogP contribution >= 0.6 is 0 Å². The summed E-state index contributed by atoms with van der Waals surface area (Å²) in [6.07, 6.45) is 3.00. The van der Waals surface area contributed by atoms with Crippen LogP contribution < -0.4 is 16.4 Å². The van der Waals surface area contributed by atoms with Crippen molar-refractivity contribution in [3.63, 3.8) is 0 Å². The summed E-state index contributed by atoms with van der Waals surface area (Å²) in [5, 5.41) is 6.93. The van der Waals surface area contributed by atoms with Gasteiger partial charge in [0.25, 0.3) is 5.91 Å². The Kier molecular flexibility index (Phi) is 7.17. The lowest BCUT2D eigenvalue weighted by molar-refractivity contribution is -0.123. The number of carbonyl (C=O) groups is 2. The molecule has 0 aliphatic heterocycles. The fourth-order valence-electron chi connectivity index (χ4n) is 3.89. The van der Waals surface area contributed by atoms with Crippen molar-refractivity contribution in [2.75, 3.05) is 6.54 Å². The molecular formula is C27H28N4O2. The van der Waals surface area contributed by atoms with Crippen LogP contribution in [0.3, 0.4) is 0 Å². The SMILES string of the molecule is NCCC[C@H](NC(=O)c1cccc(-c2ccccc2)c1)C(=O)NCc1c[nH]c2ccccc12. The number of H-pyrrole nitrogens is 1. The van der Waals surface area contributed by atoms with E-state index in [4.69, 9.17) is 5.73 Å². The largest absolute Gasteiger partial charge is 0.361 e. The van der Waals surface area contributed by atoms with Gasteiger partial charge in [-0.25, -0.2) is 0 Å². The second kappa shape index (κ2) is 10.6. The Balaban J connectivity index is 1.44. The van der Waals surface area contributed by atoms with Gasteiger partial charge in [-0.05, 0) is 54.3 Å². The number of para-hydroxylation sites is 1. The van der Waals surface area contributed by atoms with Gasteiger partial charge in [0.1, 0.15) is 6.04 Å². The molecule has 3 aromatic carbocycles. The monoisotopic (exact) mass is 440 g/mol. The molecule has 168 valence electrons. The molecule has 4 aromatic rings. The van der Waals surface area contributed by atoms with Crippen LogP contribution in [0.4, 0.5) is 0 Å². The highest BCUT2D eigenvalue weighted by atomic mass is 16.2. The summed E-state index contributed by atoms with van der Waals surface area (Å²) in [6, 6.07) is 24.6. The van der Waals surface area contributed by atoms with E-state index in [0.29, 0.717) is 31.5 Å². The van der Waals surface area contributed by atoms with Gasteiger partial charge in [-0.3, -0.25) is 9.59 Å². The lowest BCUT2D eigenvalue weighted by Crippen LogP contribution is -2.46. The molecule has 0 aliphatic carbocycles. The highest BCUT2D eigenvalue weighted by Crippen LogP contribution is 2.20. The number of benzene rings is 3. The van der Waals surface area contributed by atoms with E-state index in [1.54, 1.807) is 6.07 Å². The molecule has 0 spiro atoms. The molecule has 2 amide bonds. The minimum atomic E-state index is -0.661. The molecular weight excluding hydrogens is 412 g/mol. The molecule has 6 nitrogen and oxygen atoms in total. The predicted molar refractivity (Wildman–Crippen MR) is 132 cm³/mol. The van der Waals surface area contributed by atoms with Gasteiger partial charge in [-0.2, -0.15) is 0 Å². The molecule has 0 fully saturated rings. The maximum absolute atomic E-state index is 13.0. The molecule has 0 unspecified atom stereocenters. The van der Waals surface area contributed by atoms with Crippen molar-refractivity contribution in [2.45, 2.75) is 25.4 Å². The maximum Gasteiger partial charge on any atom is 0.251 e. The van der Waals surface area contributed by atoms with Gasteiger partial charge < -0.3 is 21.4 Å². The number of nitrogens with two attached hydrogens (primary N) is 1. The Morgan fingerprint density at radius 2 is 1.67 bits per heavy atom. The molecule has 0 saturated carbocycles. The van der Waals surface area contributed by atoms with Crippen LogP contribution in [0.5, 0.6) is 0 Å². The maximum atomic E-state index is 13.0. The summed E-state index contributed by atoms with van der Waals surface area (Å²) in [4.78, 5) is 29.2. The Hall–Kier alpha value is -3.90. The van der Waals surface area contributed by atoms with Crippen molar-refractivity contribution in [3.05, 3.63) is 96.2 Å². The van der Waals surface area contributed by atoms with Crippen molar-refractivity contribution < 1.29 is 9.59 Å². The molecule has 4 rings (SSSR count). The van der Waals surface area contributed by atoms with Gasteiger partial charge in [-0.1, -0.05) is 60.7 Å². The van der Waals surface area contributed by atoms with E-state index < -0.39 is 6.04 Å². The highest BCUT2D eigenvalue weighted by Gasteiger charge is 2.21. The fraction of sp³-hybridized carbons (Fsp3) is 0.185. The van der Waals surface area contributed by atoms with E-state index in [0.717, 1.165) is 27.6 Å². The molecule has 33 heavy (non-hydrogen) atoms. The smallest absolute Gasteiger partial charge is 0.251 e. The Morgan fingerprint density at radius 1 is 0.909 bits per heavy atom. The van der Waals surface area contributed by atoms with E-state index in [1.165, 1.54) is 0 Å². The van der Waals surface area contributed by atoms with Gasteiger partial charge in [0.05, 0.1) is 0 Å². The second-order valence-corrected chi connectivity index (χ2v) is 7.98. The van der Waals surface area contributed by atoms with Crippen molar-refractivity contribution in [1.82, 2.24) is 15.6 Å². The van der Waals surface area contributed by atoms with Gasteiger partial charge in [0, 0.05) is 29.2 Å². The summed E-state index contributed by atoms with van der Waals surface area (Å²) in [5.41, 5.74) is 10.2. The molecule has 1 heterocycles. The van der Waals surface area contributed by atoms with E-state index in [9.17, 15) is 9.59 Å². The average Bonchev–Trinajstić information content (AvgIpc) is 3.28. The van der Waals surface area contributed by atoms with Crippen LogP contribution in [0.1, 0.15) is 28.8 Å². The summed E-state index contributed by atoms with van der Waals surface area (Å²) in [6.45, 7) is 0.826. The van der Waals surface area contributed by atoms with Crippen LogP contribution in [0.25, 0.3) is 22.0 Å². The topological polar surface area (TPSA) is 100 Å². The molecule has 0 aliphatic rings. The van der Waals surface area contributed by atoms with E-state index in [2.05, 4.69) is 15.6 Å². The van der Waals surface area contributed by atoms with Crippen LogP contribution in [-0.2, 0) is 11.3 Å². The number of nitrogens with one attached hydrogen (secondary N) is 3. The zero-order valence-corrected chi connectivity index (χ0v) is 18.4. The number of aromatic amines is 1. The number of hydrogen-bond donors (Lipinski definition) is 4. The Morgan fingerprint density at radius 3 is 2.48 bits per heavy atom. The zero-order valence-electron chi connectivity index (χ0n) is 18.4. The van der Waals surface area contributed by atoms with Crippen LogP contribution in [-0.4, -0.2) is 29.4 Å². The van der Waals surface area contributed by atoms with Crippen molar-refractivity contribution >= 4 is 22.7 Å². The first-order valence-corrected chi connectivity index (χ1v) is 11.1. The third kappa shape index (κ3) is 5.48. The minimum Gasteiger partial charge on any atom is -0.361 e. The zero-order chi connectivity index (χ0) is 23.0. The number of hydrogen-bond acceptors (Lipinski definition) is 3. The molecule has 5 N–H and O–H groups in total. The Bertz CT molecular complexity index is 1230. The average molecular weight is 441 g/mol. The van der Waals surface area contributed by atoms with Crippen molar-refractivity contribution in [1.29, 1.82) is 0 Å². The number of carbonyl (C=O) groups excluding carboxylic acids is 2.